The largest absolute Gasteiger partial charge is 0.396 e. The van der Waals surface area contributed by atoms with Crippen molar-refractivity contribution in [2.24, 2.45) is 0 Å². The van der Waals surface area contributed by atoms with E-state index in [1.807, 2.05) is 12.1 Å². The molecule has 0 saturated heterocycles. The standard InChI is InChI=1S/C13H14Cl2N4/c14-9-2-1-8(10(15)7-9)5-6-18-12-4-3-11(16)13(17)19-12/h1-4,7H,5-6,16H2,(H3,17,18,19). The van der Waals surface area contributed by atoms with Gasteiger partial charge in [-0.1, -0.05) is 29.3 Å². The minimum atomic E-state index is 0.328. The summed E-state index contributed by atoms with van der Waals surface area (Å²) in [6, 6.07) is 8.98. The van der Waals surface area contributed by atoms with Crippen LogP contribution < -0.4 is 16.8 Å². The zero-order valence-corrected chi connectivity index (χ0v) is 11.7. The van der Waals surface area contributed by atoms with Crippen molar-refractivity contribution in [3.05, 3.63) is 45.9 Å². The van der Waals surface area contributed by atoms with Crippen LogP contribution in [0.2, 0.25) is 10.0 Å². The third-order valence-electron chi connectivity index (χ3n) is 2.67. The van der Waals surface area contributed by atoms with Crippen molar-refractivity contribution in [1.82, 2.24) is 4.98 Å². The summed E-state index contributed by atoms with van der Waals surface area (Å²) in [7, 11) is 0. The second-order valence-corrected chi connectivity index (χ2v) is 4.93. The predicted octanol–water partition coefficient (Wildman–Crippen LogP) is 3.21. The van der Waals surface area contributed by atoms with E-state index < -0.39 is 0 Å². The molecule has 1 aromatic carbocycles. The van der Waals surface area contributed by atoms with Crippen LogP contribution in [-0.2, 0) is 6.42 Å². The minimum Gasteiger partial charge on any atom is -0.396 e. The van der Waals surface area contributed by atoms with E-state index in [0.29, 0.717) is 33.9 Å². The van der Waals surface area contributed by atoms with Crippen LogP contribution in [0.1, 0.15) is 5.56 Å². The number of benzene rings is 1. The van der Waals surface area contributed by atoms with Gasteiger partial charge in [0, 0.05) is 16.6 Å². The number of nitrogens with one attached hydrogen (secondary N) is 1. The maximum absolute atomic E-state index is 6.09. The van der Waals surface area contributed by atoms with Crippen LogP contribution in [0.3, 0.4) is 0 Å². The van der Waals surface area contributed by atoms with Crippen LogP contribution in [0.4, 0.5) is 17.3 Å². The van der Waals surface area contributed by atoms with Gasteiger partial charge in [-0.05, 0) is 36.2 Å². The number of anilines is 3. The van der Waals surface area contributed by atoms with Gasteiger partial charge in [-0.3, -0.25) is 0 Å². The molecule has 5 N–H and O–H groups in total. The van der Waals surface area contributed by atoms with E-state index in [-0.39, 0.29) is 0 Å². The summed E-state index contributed by atoms with van der Waals surface area (Å²) < 4.78 is 0. The van der Waals surface area contributed by atoms with E-state index in [1.165, 1.54) is 0 Å². The van der Waals surface area contributed by atoms with Crippen molar-refractivity contribution in [3.8, 4) is 0 Å². The number of nitrogens with zero attached hydrogens (tertiary/aromatic N) is 1. The Balaban J connectivity index is 1.94. The Hall–Kier alpha value is -1.65. The summed E-state index contributed by atoms with van der Waals surface area (Å²) in [5, 5.41) is 4.46. The highest BCUT2D eigenvalue weighted by atomic mass is 35.5. The van der Waals surface area contributed by atoms with Gasteiger partial charge in [0.05, 0.1) is 5.69 Å². The first-order valence-corrected chi connectivity index (χ1v) is 6.51. The zero-order valence-electron chi connectivity index (χ0n) is 10.2. The minimum absolute atomic E-state index is 0.328. The van der Waals surface area contributed by atoms with Gasteiger partial charge in [-0.15, -0.1) is 0 Å². The van der Waals surface area contributed by atoms with E-state index >= 15 is 0 Å². The molecular formula is C13H14Cl2N4. The molecule has 2 aromatic rings. The fourth-order valence-electron chi connectivity index (χ4n) is 1.63. The maximum atomic E-state index is 6.09. The third-order valence-corrected chi connectivity index (χ3v) is 3.26. The summed E-state index contributed by atoms with van der Waals surface area (Å²) >= 11 is 11.9. The van der Waals surface area contributed by atoms with Gasteiger partial charge in [-0.25, -0.2) is 4.98 Å². The van der Waals surface area contributed by atoms with Crippen LogP contribution in [-0.4, -0.2) is 11.5 Å². The molecule has 4 nitrogen and oxygen atoms in total. The molecule has 1 aromatic heterocycles. The Morgan fingerprint density at radius 2 is 1.89 bits per heavy atom. The molecule has 0 spiro atoms. The number of nitrogens with two attached hydrogens (primary N) is 2. The third kappa shape index (κ3) is 3.66. The molecule has 19 heavy (non-hydrogen) atoms. The first-order chi connectivity index (χ1) is 9.06. The average molecular weight is 297 g/mol. The lowest BCUT2D eigenvalue weighted by Gasteiger charge is -2.08. The van der Waals surface area contributed by atoms with E-state index in [4.69, 9.17) is 34.7 Å². The fourth-order valence-corrected chi connectivity index (χ4v) is 2.14. The van der Waals surface area contributed by atoms with Gasteiger partial charge in [-0.2, -0.15) is 0 Å². The van der Waals surface area contributed by atoms with Crippen molar-refractivity contribution in [2.75, 3.05) is 23.3 Å². The fraction of sp³-hybridized carbons (Fsp3) is 0.154. The predicted molar refractivity (Wildman–Crippen MR) is 81.7 cm³/mol. The van der Waals surface area contributed by atoms with Crippen molar-refractivity contribution < 1.29 is 0 Å². The SMILES string of the molecule is Nc1ccc(NCCc2ccc(Cl)cc2Cl)nc1N. The number of hydrogen-bond acceptors (Lipinski definition) is 4. The Labute approximate surface area is 121 Å². The molecule has 0 amide bonds. The van der Waals surface area contributed by atoms with Gasteiger partial charge >= 0.3 is 0 Å². The first kappa shape index (κ1) is 13.8. The van der Waals surface area contributed by atoms with Crippen molar-refractivity contribution in [1.29, 1.82) is 0 Å². The molecule has 0 fully saturated rings. The van der Waals surface area contributed by atoms with E-state index in [1.54, 1.807) is 18.2 Å². The Morgan fingerprint density at radius 3 is 2.58 bits per heavy atom. The summed E-state index contributed by atoms with van der Waals surface area (Å²) in [5.74, 6) is 1.02. The molecule has 0 radical (unpaired) electrons. The smallest absolute Gasteiger partial charge is 0.149 e. The highest BCUT2D eigenvalue weighted by Crippen LogP contribution is 2.21. The van der Waals surface area contributed by atoms with Crippen molar-refractivity contribution in [3.63, 3.8) is 0 Å². The number of nitrogen functional groups attached to an aromatic ring is 2. The molecule has 0 aliphatic heterocycles. The molecule has 0 unspecified atom stereocenters. The highest BCUT2D eigenvalue weighted by Gasteiger charge is 2.02. The lowest BCUT2D eigenvalue weighted by molar-refractivity contribution is 1.01. The molecule has 6 heteroatoms. The number of hydrogen-bond donors (Lipinski definition) is 3. The molecule has 0 aliphatic rings. The maximum Gasteiger partial charge on any atom is 0.149 e. The van der Waals surface area contributed by atoms with E-state index in [0.717, 1.165) is 12.0 Å². The second-order valence-electron chi connectivity index (χ2n) is 4.08. The van der Waals surface area contributed by atoms with Gasteiger partial charge in [0.25, 0.3) is 0 Å². The van der Waals surface area contributed by atoms with Crippen LogP contribution in [0.15, 0.2) is 30.3 Å². The van der Waals surface area contributed by atoms with E-state index in [2.05, 4.69) is 10.3 Å². The number of pyridine rings is 1. The lowest BCUT2D eigenvalue weighted by Crippen LogP contribution is -2.08. The van der Waals surface area contributed by atoms with Crippen LogP contribution >= 0.6 is 23.2 Å². The zero-order chi connectivity index (χ0) is 13.8. The topological polar surface area (TPSA) is 77.0 Å². The first-order valence-electron chi connectivity index (χ1n) is 5.76. The molecule has 2 rings (SSSR count). The molecule has 0 bridgehead atoms. The number of halogens is 2. The molecule has 0 aliphatic carbocycles. The average Bonchev–Trinajstić information content (AvgIpc) is 2.36. The van der Waals surface area contributed by atoms with Crippen LogP contribution in [0, 0.1) is 0 Å². The molecule has 0 saturated carbocycles. The summed E-state index contributed by atoms with van der Waals surface area (Å²) in [6.07, 6.45) is 0.766. The van der Waals surface area contributed by atoms with E-state index in [9.17, 15) is 0 Å². The van der Waals surface area contributed by atoms with Crippen LogP contribution in [0.25, 0.3) is 0 Å². The Morgan fingerprint density at radius 1 is 1.11 bits per heavy atom. The van der Waals surface area contributed by atoms with Gasteiger partial charge in [0.1, 0.15) is 11.6 Å². The molecular weight excluding hydrogens is 283 g/mol. The van der Waals surface area contributed by atoms with Crippen molar-refractivity contribution >= 4 is 40.5 Å². The van der Waals surface area contributed by atoms with Gasteiger partial charge < -0.3 is 16.8 Å². The second kappa shape index (κ2) is 5.99. The normalized spacial score (nSPS) is 10.4. The number of aromatic nitrogens is 1. The lowest BCUT2D eigenvalue weighted by atomic mass is 10.1. The van der Waals surface area contributed by atoms with Crippen LogP contribution in [0.5, 0.6) is 0 Å². The summed E-state index contributed by atoms with van der Waals surface area (Å²) in [5.41, 5.74) is 12.7. The van der Waals surface area contributed by atoms with Crippen molar-refractivity contribution in [2.45, 2.75) is 6.42 Å². The summed E-state index contributed by atoms with van der Waals surface area (Å²) in [4.78, 5) is 4.13. The molecule has 100 valence electrons. The van der Waals surface area contributed by atoms with Gasteiger partial charge in [0.15, 0.2) is 0 Å². The Bertz CT molecular complexity index is 587. The Kier molecular flexibility index (Phi) is 4.35. The monoisotopic (exact) mass is 296 g/mol. The molecule has 0 atom stereocenters. The highest BCUT2D eigenvalue weighted by molar-refractivity contribution is 6.35. The van der Waals surface area contributed by atoms with Gasteiger partial charge in [0.2, 0.25) is 0 Å². The summed E-state index contributed by atoms with van der Waals surface area (Å²) in [6.45, 7) is 0.692. The number of rotatable bonds is 4. The molecule has 1 heterocycles. The quantitative estimate of drug-likeness (QED) is 0.810.